The Morgan fingerprint density at radius 2 is 1.95 bits per heavy atom. The number of halogens is 4. The second-order valence-corrected chi connectivity index (χ2v) is 4.88. The first-order valence-corrected chi connectivity index (χ1v) is 6.40. The van der Waals surface area contributed by atoms with Crippen LogP contribution in [0.4, 0.5) is 18.9 Å². The zero-order valence-electron chi connectivity index (χ0n) is 10.6. The summed E-state index contributed by atoms with van der Waals surface area (Å²) in [5.41, 5.74) is 0.500. The first-order chi connectivity index (χ1) is 9.74. The van der Waals surface area contributed by atoms with Crippen molar-refractivity contribution < 1.29 is 22.7 Å². The van der Waals surface area contributed by atoms with Crippen molar-refractivity contribution in [2.45, 2.75) is 6.36 Å². The number of amides is 1. The van der Waals surface area contributed by atoms with Crippen LogP contribution in [0.15, 0.2) is 34.9 Å². The van der Waals surface area contributed by atoms with Gasteiger partial charge >= 0.3 is 6.36 Å². The minimum atomic E-state index is -4.75. The summed E-state index contributed by atoms with van der Waals surface area (Å²) in [6.07, 6.45) is -3.14. The van der Waals surface area contributed by atoms with Gasteiger partial charge in [0.05, 0.1) is 4.47 Å². The number of hydrogen-bond donors (Lipinski definition) is 1. The van der Waals surface area contributed by atoms with Gasteiger partial charge in [0.25, 0.3) is 5.91 Å². The number of alkyl halides is 3. The molecule has 0 atom stereocenters. The Morgan fingerprint density at radius 3 is 2.43 bits per heavy atom. The van der Waals surface area contributed by atoms with E-state index in [1.807, 2.05) is 0 Å². The predicted molar refractivity (Wildman–Crippen MR) is 72.0 cm³/mol. The van der Waals surface area contributed by atoms with Gasteiger partial charge in [0, 0.05) is 18.9 Å². The maximum absolute atomic E-state index is 12.0. The molecule has 0 radical (unpaired) electrons. The normalized spacial score (nSPS) is 11.3. The molecule has 5 nitrogen and oxygen atoms in total. The average molecular weight is 364 g/mol. The molecule has 21 heavy (non-hydrogen) atoms. The molecule has 0 unspecified atom stereocenters. The quantitative estimate of drug-likeness (QED) is 0.909. The number of rotatable bonds is 3. The topological polar surface area (TPSA) is 56.2 Å². The molecule has 1 aromatic carbocycles. The third-order valence-corrected chi connectivity index (χ3v) is 2.93. The van der Waals surface area contributed by atoms with Crippen molar-refractivity contribution in [1.82, 2.24) is 9.78 Å². The number of anilines is 1. The molecule has 0 spiro atoms. The Bertz CT molecular complexity index is 653. The van der Waals surface area contributed by atoms with E-state index in [9.17, 15) is 18.0 Å². The lowest BCUT2D eigenvalue weighted by Gasteiger charge is -2.09. The van der Waals surface area contributed by atoms with E-state index in [0.717, 1.165) is 12.1 Å². The van der Waals surface area contributed by atoms with Gasteiger partial charge in [-0.15, -0.1) is 13.2 Å². The maximum Gasteiger partial charge on any atom is 0.573 e. The van der Waals surface area contributed by atoms with E-state index in [4.69, 9.17) is 0 Å². The molecule has 2 rings (SSSR count). The fourth-order valence-electron chi connectivity index (χ4n) is 1.54. The number of benzene rings is 1. The highest BCUT2D eigenvalue weighted by molar-refractivity contribution is 9.10. The van der Waals surface area contributed by atoms with Crippen LogP contribution in [-0.2, 0) is 7.05 Å². The van der Waals surface area contributed by atoms with Gasteiger partial charge in [0.2, 0.25) is 0 Å². The molecule has 1 N–H and O–H groups in total. The van der Waals surface area contributed by atoms with E-state index >= 15 is 0 Å². The lowest BCUT2D eigenvalue weighted by atomic mass is 10.3. The molecule has 0 aliphatic carbocycles. The largest absolute Gasteiger partial charge is 0.573 e. The monoisotopic (exact) mass is 363 g/mol. The highest BCUT2D eigenvalue weighted by atomic mass is 79.9. The van der Waals surface area contributed by atoms with Crippen molar-refractivity contribution in [2.24, 2.45) is 7.05 Å². The van der Waals surface area contributed by atoms with Crippen LogP contribution in [0, 0.1) is 0 Å². The second kappa shape index (κ2) is 5.76. The molecule has 1 amide bonds. The number of nitrogens with zero attached hydrogens (tertiary/aromatic N) is 2. The Balaban J connectivity index is 2.07. The molecule has 0 bridgehead atoms. The number of aryl methyl sites for hydroxylation is 1. The second-order valence-electron chi connectivity index (χ2n) is 4.03. The smallest absolute Gasteiger partial charge is 0.406 e. The third-order valence-electron chi connectivity index (χ3n) is 2.34. The van der Waals surface area contributed by atoms with Crippen LogP contribution < -0.4 is 10.1 Å². The standard InChI is InChI=1S/C12H9BrF3N3O2/c1-19-6-9(13)10(18-19)11(20)17-7-2-4-8(5-3-7)21-12(14,15)16/h2-6H,1H3,(H,17,20). The van der Waals surface area contributed by atoms with Gasteiger partial charge in [-0.3, -0.25) is 9.48 Å². The summed E-state index contributed by atoms with van der Waals surface area (Å²) in [6, 6.07) is 4.82. The summed E-state index contributed by atoms with van der Waals surface area (Å²) in [4.78, 5) is 11.9. The summed E-state index contributed by atoms with van der Waals surface area (Å²) in [7, 11) is 1.66. The molecule has 112 valence electrons. The summed E-state index contributed by atoms with van der Waals surface area (Å²) < 4.78 is 41.7. The van der Waals surface area contributed by atoms with E-state index in [2.05, 4.69) is 31.1 Å². The van der Waals surface area contributed by atoms with Crippen molar-refractivity contribution in [1.29, 1.82) is 0 Å². The van der Waals surface area contributed by atoms with Crippen LogP contribution >= 0.6 is 15.9 Å². The van der Waals surface area contributed by atoms with Crippen molar-refractivity contribution in [2.75, 3.05) is 5.32 Å². The van der Waals surface area contributed by atoms with E-state index in [0.29, 0.717) is 10.2 Å². The minimum Gasteiger partial charge on any atom is -0.406 e. The molecule has 0 fully saturated rings. The Hall–Kier alpha value is -2.03. The summed E-state index contributed by atoms with van der Waals surface area (Å²) in [5.74, 6) is -0.841. The van der Waals surface area contributed by atoms with Crippen LogP contribution in [0.5, 0.6) is 5.75 Å². The molecule has 0 aliphatic rings. The highest BCUT2D eigenvalue weighted by Crippen LogP contribution is 2.24. The van der Waals surface area contributed by atoms with Crippen LogP contribution in [0.1, 0.15) is 10.5 Å². The van der Waals surface area contributed by atoms with E-state index in [1.54, 1.807) is 13.2 Å². The Labute approximate surface area is 125 Å². The first-order valence-electron chi connectivity index (χ1n) is 5.61. The van der Waals surface area contributed by atoms with Crippen molar-refractivity contribution in [3.63, 3.8) is 0 Å². The van der Waals surface area contributed by atoms with E-state index in [-0.39, 0.29) is 11.4 Å². The molecule has 0 aliphatic heterocycles. The maximum atomic E-state index is 12.0. The van der Waals surface area contributed by atoms with Gasteiger partial charge in [-0.25, -0.2) is 0 Å². The fraction of sp³-hybridized carbons (Fsp3) is 0.167. The molecular weight excluding hydrogens is 355 g/mol. The van der Waals surface area contributed by atoms with Gasteiger partial charge < -0.3 is 10.1 Å². The van der Waals surface area contributed by atoms with Crippen molar-refractivity contribution in [3.8, 4) is 5.75 Å². The molecule has 1 aromatic heterocycles. The summed E-state index contributed by atoms with van der Waals surface area (Å²) in [5, 5.41) is 6.48. The zero-order chi connectivity index (χ0) is 15.6. The van der Waals surface area contributed by atoms with E-state index in [1.165, 1.54) is 16.8 Å². The lowest BCUT2D eigenvalue weighted by Crippen LogP contribution is -2.17. The Kier molecular flexibility index (Phi) is 4.21. The molecule has 0 saturated heterocycles. The van der Waals surface area contributed by atoms with Crippen LogP contribution in [0.25, 0.3) is 0 Å². The van der Waals surface area contributed by atoms with Gasteiger partial charge in [-0.2, -0.15) is 5.10 Å². The summed E-state index contributed by atoms with van der Waals surface area (Å²) >= 11 is 3.19. The first kappa shape index (κ1) is 15.4. The van der Waals surface area contributed by atoms with Gasteiger partial charge in [-0.05, 0) is 40.2 Å². The summed E-state index contributed by atoms with van der Waals surface area (Å²) in [6.45, 7) is 0. The van der Waals surface area contributed by atoms with Gasteiger partial charge in [-0.1, -0.05) is 0 Å². The van der Waals surface area contributed by atoms with Crippen LogP contribution in [0.3, 0.4) is 0 Å². The van der Waals surface area contributed by atoms with E-state index < -0.39 is 12.3 Å². The molecule has 0 saturated carbocycles. The average Bonchev–Trinajstić information content (AvgIpc) is 2.69. The van der Waals surface area contributed by atoms with Gasteiger partial charge in [0.15, 0.2) is 5.69 Å². The predicted octanol–water partition coefficient (Wildman–Crippen LogP) is 3.33. The highest BCUT2D eigenvalue weighted by Gasteiger charge is 2.31. The number of aromatic nitrogens is 2. The molecular formula is C12H9BrF3N3O2. The van der Waals surface area contributed by atoms with Gasteiger partial charge in [0.1, 0.15) is 5.75 Å². The van der Waals surface area contributed by atoms with Crippen LogP contribution in [0.2, 0.25) is 0 Å². The third kappa shape index (κ3) is 4.22. The molecule has 9 heteroatoms. The Morgan fingerprint density at radius 1 is 1.33 bits per heavy atom. The number of nitrogens with one attached hydrogen (secondary N) is 1. The number of carbonyl (C=O) groups excluding carboxylic acids is 1. The lowest BCUT2D eigenvalue weighted by molar-refractivity contribution is -0.274. The molecule has 2 aromatic rings. The fourth-order valence-corrected chi connectivity index (χ4v) is 2.10. The number of ether oxygens (including phenoxy) is 1. The SMILES string of the molecule is Cn1cc(Br)c(C(=O)Nc2ccc(OC(F)(F)F)cc2)n1. The number of hydrogen-bond acceptors (Lipinski definition) is 3. The van der Waals surface area contributed by atoms with Crippen molar-refractivity contribution >= 4 is 27.5 Å². The van der Waals surface area contributed by atoms with Crippen molar-refractivity contribution in [3.05, 3.63) is 40.6 Å². The van der Waals surface area contributed by atoms with Crippen LogP contribution in [-0.4, -0.2) is 22.1 Å². The molecule has 1 heterocycles. The zero-order valence-corrected chi connectivity index (χ0v) is 12.2. The minimum absolute atomic E-state index is 0.174. The number of carbonyl (C=O) groups is 1.